The molecule has 0 bridgehead atoms. The van der Waals surface area contributed by atoms with Crippen LogP contribution in [0.3, 0.4) is 0 Å². The van der Waals surface area contributed by atoms with Crippen LogP contribution in [0.2, 0.25) is 0 Å². The van der Waals surface area contributed by atoms with Crippen LogP contribution in [0.1, 0.15) is 20.8 Å². The van der Waals surface area contributed by atoms with E-state index in [1.54, 1.807) is 13.8 Å². The van der Waals surface area contributed by atoms with Crippen LogP contribution in [0, 0.1) is 11.6 Å². The fourth-order valence-electron chi connectivity index (χ4n) is 1.40. The van der Waals surface area contributed by atoms with Gasteiger partial charge >= 0.3 is 0 Å². The minimum absolute atomic E-state index is 0.152. The predicted molar refractivity (Wildman–Crippen MR) is 62.7 cm³/mol. The summed E-state index contributed by atoms with van der Waals surface area (Å²) in [5, 5.41) is 5.31. The van der Waals surface area contributed by atoms with E-state index in [1.165, 1.54) is 12.1 Å². The first kappa shape index (κ1) is 13.6. The van der Waals surface area contributed by atoms with E-state index in [-0.39, 0.29) is 5.69 Å². The minimum Gasteiger partial charge on any atom is -0.322 e. The molecule has 17 heavy (non-hydrogen) atoms. The maximum absolute atomic E-state index is 13.3. The summed E-state index contributed by atoms with van der Waals surface area (Å²) in [5.41, 5.74) is -0.992. The predicted octanol–water partition coefficient (Wildman–Crippen LogP) is 2.29. The monoisotopic (exact) mass is 242 g/mol. The fraction of sp³-hybridized carbons (Fsp3) is 0.417. The highest BCUT2D eigenvalue weighted by Crippen LogP contribution is 2.18. The summed E-state index contributed by atoms with van der Waals surface area (Å²) in [4.78, 5) is 11.8. The molecule has 1 rings (SSSR count). The molecule has 0 heterocycles. The lowest BCUT2D eigenvalue weighted by Crippen LogP contribution is -2.49. The average Bonchev–Trinajstić information content (AvgIpc) is 2.24. The molecular formula is C12H16F2N2O. The molecule has 0 spiro atoms. The van der Waals surface area contributed by atoms with Gasteiger partial charge in [0.05, 0.1) is 11.2 Å². The molecule has 0 atom stereocenters. The van der Waals surface area contributed by atoms with Gasteiger partial charge in [-0.15, -0.1) is 0 Å². The number of rotatable bonds is 4. The van der Waals surface area contributed by atoms with Crippen LogP contribution in [0.25, 0.3) is 0 Å². The van der Waals surface area contributed by atoms with Crippen molar-refractivity contribution in [1.29, 1.82) is 0 Å². The Kier molecular flexibility index (Phi) is 4.17. The van der Waals surface area contributed by atoms with E-state index in [9.17, 15) is 13.6 Å². The smallest absolute Gasteiger partial charge is 0.244 e. The Balaban J connectivity index is 2.85. The Bertz CT molecular complexity index is 419. The highest BCUT2D eigenvalue weighted by molar-refractivity contribution is 5.97. The van der Waals surface area contributed by atoms with Gasteiger partial charge in [0.2, 0.25) is 5.91 Å². The standard InChI is InChI=1S/C12H16F2N2O/c1-4-15-12(2,3)11(17)16-9-7-5-6-8(13)10(9)14/h5-7,15H,4H2,1-3H3,(H,16,17). The molecule has 0 saturated carbocycles. The van der Waals surface area contributed by atoms with E-state index in [4.69, 9.17) is 0 Å². The molecular weight excluding hydrogens is 226 g/mol. The molecule has 5 heteroatoms. The number of halogens is 2. The Morgan fingerprint density at radius 1 is 1.35 bits per heavy atom. The third-order valence-electron chi connectivity index (χ3n) is 2.39. The molecule has 1 aromatic rings. The zero-order valence-corrected chi connectivity index (χ0v) is 10.1. The number of carbonyl (C=O) groups excluding carboxylic acids is 1. The molecule has 0 unspecified atom stereocenters. The molecule has 0 aliphatic rings. The van der Waals surface area contributed by atoms with Crippen LogP contribution in [0.5, 0.6) is 0 Å². The maximum Gasteiger partial charge on any atom is 0.244 e. The topological polar surface area (TPSA) is 41.1 Å². The van der Waals surface area contributed by atoms with Gasteiger partial charge in [0.25, 0.3) is 0 Å². The van der Waals surface area contributed by atoms with Crippen molar-refractivity contribution in [2.24, 2.45) is 0 Å². The molecule has 1 amide bonds. The Morgan fingerprint density at radius 2 is 2.00 bits per heavy atom. The number of amides is 1. The van der Waals surface area contributed by atoms with Crippen molar-refractivity contribution in [2.45, 2.75) is 26.3 Å². The van der Waals surface area contributed by atoms with Crippen molar-refractivity contribution in [1.82, 2.24) is 5.32 Å². The summed E-state index contributed by atoms with van der Waals surface area (Å²) in [5.74, 6) is -2.44. The van der Waals surface area contributed by atoms with E-state index in [0.29, 0.717) is 6.54 Å². The number of carbonyl (C=O) groups is 1. The van der Waals surface area contributed by atoms with Crippen LogP contribution in [-0.2, 0) is 4.79 Å². The van der Waals surface area contributed by atoms with Gasteiger partial charge in [0, 0.05) is 0 Å². The van der Waals surface area contributed by atoms with Gasteiger partial charge in [0.15, 0.2) is 11.6 Å². The van der Waals surface area contributed by atoms with Gasteiger partial charge in [-0.05, 0) is 32.5 Å². The number of nitrogens with one attached hydrogen (secondary N) is 2. The summed E-state index contributed by atoms with van der Waals surface area (Å²) >= 11 is 0. The van der Waals surface area contributed by atoms with Crippen LogP contribution >= 0.6 is 0 Å². The molecule has 0 saturated heterocycles. The Labute approximate surface area is 99.2 Å². The van der Waals surface area contributed by atoms with Gasteiger partial charge in [-0.25, -0.2) is 8.78 Å². The van der Waals surface area contributed by atoms with Crippen molar-refractivity contribution in [2.75, 3.05) is 11.9 Å². The lowest BCUT2D eigenvalue weighted by Gasteiger charge is -2.24. The highest BCUT2D eigenvalue weighted by atomic mass is 19.2. The van der Waals surface area contributed by atoms with Gasteiger partial charge in [-0.2, -0.15) is 0 Å². The Morgan fingerprint density at radius 3 is 2.59 bits per heavy atom. The lowest BCUT2D eigenvalue weighted by atomic mass is 10.0. The number of likely N-dealkylation sites (N-methyl/N-ethyl adjacent to an activating group) is 1. The minimum atomic E-state index is -1.05. The van der Waals surface area contributed by atoms with E-state index in [1.807, 2.05) is 6.92 Å². The van der Waals surface area contributed by atoms with Gasteiger partial charge < -0.3 is 10.6 Å². The van der Waals surface area contributed by atoms with Gasteiger partial charge in [-0.3, -0.25) is 4.79 Å². The molecule has 3 nitrogen and oxygen atoms in total. The first-order valence-corrected chi connectivity index (χ1v) is 5.39. The van der Waals surface area contributed by atoms with E-state index < -0.39 is 23.1 Å². The van der Waals surface area contributed by atoms with E-state index >= 15 is 0 Å². The quantitative estimate of drug-likeness (QED) is 0.850. The summed E-state index contributed by atoms with van der Waals surface area (Å²) in [7, 11) is 0. The lowest BCUT2D eigenvalue weighted by molar-refractivity contribution is -0.121. The molecule has 2 N–H and O–H groups in total. The SMILES string of the molecule is CCNC(C)(C)C(=O)Nc1cccc(F)c1F. The molecule has 0 radical (unpaired) electrons. The van der Waals surface area contributed by atoms with Gasteiger partial charge in [-0.1, -0.05) is 13.0 Å². The number of hydrogen-bond acceptors (Lipinski definition) is 2. The van der Waals surface area contributed by atoms with Crippen molar-refractivity contribution >= 4 is 11.6 Å². The van der Waals surface area contributed by atoms with Crippen LogP contribution < -0.4 is 10.6 Å². The highest BCUT2D eigenvalue weighted by Gasteiger charge is 2.27. The number of anilines is 1. The second-order valence-corrected chi connectivity index (χ2v) is 4.21. The molecule has 1 aromatic carbocycles. The maximum atomic E-state index is 13.3. The summed E-state index contributed by atoms with van der Waals surface area (Å²) in [6.07, 6.45) is 0. The molecule has 0 aromatic heterocycles. The second-order valence-electron chi connectivity index (χ2n) is 4.21. The van der Waals surface area contributed by atoms with Crippen molar-refractivity contribution in [3.63, 3.8) is 0 Å². The largest absolute Gasteiger partial charge is 0.322 e. The summed E-state index contributed by atoms with van der Waals surface area (Å²) in [6, 6.07) is 3.66. The third-order valence-corrected chi connectivity index (χ3v) is 2.39. The van der Waals surface area contributed by atoms with E-state index in [2.05, 4.69) is 10.6 Å². The van der Waals surface area contributed by atoms with Crippen molar-refractivity contribution in [3.05, 3.63) is 29.8 Å². The average molecular weight is 242 g/mol. The third kappa shape index (κ3) is 3.23. The summed E-state index contributed by atoms with van der Waals surface area (Å²) < 4.78 is 26.3. The normalized spacial score (nSPS) is 11.4. The fourth-order valence-corrected chi connectivity index (χ4v) is 1.40. The zero-order chi connectivity index (χ0) is 13.1. The first-order valence-electron chi connectivity index (χ1n) is 5.39. The Hall–Kier alpha value is -1.49. The summed E-state index contributed by atoms with van der Waals surface area (Å²) in [6.45, 7) is 5.80. The number of benzene rings is 1. The second kappa shape index (κ2) is 5.23. The molecule has 0 aliphatic heterocycles. The van der Waals surface area contributed by atoms with Crippen LogP contribution in [0.15, 0.2) is 18.2 Å². The van der Waals surface area contributed by atoms with Crippen LogP contribution in [-0.4, -0.2) is 18.0 Å². The van der Waals surface area contributed by atoms with Gasteiger partial charge in [0.1, 0.15) is 0 Å². The first-order chi connectivity index (χ1) is 7.88. The van der Waals surface area contributed by atoms with Crippen LogP contribution in [0.4, 0.5) is 14.5 Å². The number of hydrogen-bond donors (Lipinski definition) is 2. The molecule has 0 fully saturated rings. The van der Waals surface area contributed by atoms with Crippen molar-refractivity contribution < 1.29 is 13.6 Å². The molecule has 94 valence electrons. The molecule has 0 aliphatic carbocycles. The van der Waals surface area contributed by atoms with E-state index in [0.717, 1.165) is 6.07 Å². The zero-order valence-electron chi connectivity index (χ0n) is 10.1. The van der Waals surface area contributed by atoms with Crippen molar-refractivity contribution in [3.8, 4) is 0 Å².